The Bertz CT molecular complexity index is 483. The summed E-state index contributed by atoms with van der Waals surface area (Å²) >= 11 is 1.68. The molecule has 0 atom stereocenters. The summed E-state index contributed by atoms with van der Waals surface area (Å²) in [5, 5.41) is 5.47. The summed E-state index contributed by atoms with van der Waals surface area (Å²) in [7, 11) is 0. The lowest BCUT2D eigenvalue weighted by molar-refractivity contribution is 0.665. The summed E-state index contributed by atoms with van der Waals surface area (Å²) in [6, 6.07) is 4.10. The van der Waals surface area contributed by atoms with Crippen molar-refractivity contribution in [3.05, 3.63) is 34.5 Å². The van der Waals surface area contributed by atoms with Crippen molar-refractivity contribution in [2.45, 2.75) is 33.7 Å². The molecule has 3 nitrogen and oxygen atoms in total. The summed E-state index contributed by atoms with van der Waals surface area (Å²) in [6.45, 7) is 8.19. The minimum atomic E-state index is 0.847. The van der Waals surface area contributed by atoms with E-state index in [1.165, 1.54) is 5.56 Å². The van der Waals surface area contributed by atoms with E-state index in [1.54, 1.807) is 11.3 Å². The molecule has 4 heteroatoms. The predicted molar refractivity (Wildman–Crippen MR) is 76.8 cm³/mol. The van der Waals surface area contributed by atoms with E-state index in [4.69, 9.17) is 0 Å². The molecule has 0 unspecified atom stereocenters. The van der Waals surface area contributed by atoms with Crippen molar-refractivity contribution < 1.29 is 0 Å². The third kappa shape index (κ3) is 2.94. The molecule has 0 aromatic carbocycles. The summed E-state index contributed by atoms with van der Waals surface area (Å²) in [5.41, 5.74) is 3.38. The van der Waals surface area contributed by atoms with E-state index >= 15 is 0 Å². The van der Waals surface area contributed by atoms with E-state index in [1.807, 2.05) is 6.07 Å². The molecule has 18 heavy (non-hydrogen) atoms. The van der Waals surface area contributed by atoms with E-state index in [0.29, 0.717) is 0 Å². The average Bonchev–Trinajstić information content (AvgIpc) is 2.86. The molecular formula is C14H19N3S. The molecule has 2 aromatic heterocycles. The Labute approximate surface area is 112 Å². The van der Waals surface area contributed by atoms with Crippen molar-refractivity contribution in [2.24, 2.45) is 0 Å². The quantitative estimate of drug-likeness (QED) is 0.839. The van der Waals surface area contributed by atoms with Crippen LogP contribution in [0.3, 0.4) is 0 Å². The molecule has 0 aliphatic heterocycles. The summed E-state index contributed by atoms with van der Waals surface area (Å²) in [4.78, 5) is 10.4. The highest BCUT2D eigenvalue weighted by atomic mass is 32.1. The van der Waals surface area contributed by atoms with Gasteiger partial charge in [-0.05, 0) is 38.3 Å². The van der Waals surface area contributed by atoms with Crippen molar-refractivity contribution in [3.63, 3.8) is 0 Å². The molecule has 0 fully saturated rings. The van der Waals surface area contributed by atoms with Gasteiger partial charge < -0.3 is 5.32 Å². The number of nitrogens with one attached hydrogen (secondary N) is 1. The Hall–Kier alpha value is -1.26. The van der Waals surface area contributed by atoms with Gasteiger partial charge in [-0.2, -0.15) is 0 Å². The maximum atomic E-state index is 4.61. The van der Waals surface area contributed by atoms with Crippen LogP contribution in [0.1, 0.15) is 30.3 Å². The Morgan fingerprint density at radius 1 is 1.22 bits per heavy atom. The van der Waals surface area contributed by atoms with Crippen LogP contribution >= 0.6 is 11.3 Å². The van der Waals surface area contributed by atoms with Gasteiger partial charge in [-0.3, -0.25) is 0 Å². The zero-order valence-corrected chi connectivity index (χ0v) is 12.0. The zero-order valence-electron chi connectivity index (χ0n) is 11.2. The monoisotopic (exact) mass is 261 g/mol. The van der Waals surface area contributed by atoms with E-state index in [0.717, 1.165) is 41.6 Å². The molecule has 1 N–H and O–H groups in total. The minimum absolute atomic E-state index is 0.847. The highest BCUT2D eigenvalue weighted by Gasteiger charge is 2.09. The molecular weight excluding hydrogens is 242 g/mol. The highest BCUT2D eigenvalue weighted by Crippen LogP contribution is 2.23. The number of hydrogen-bond acceptors (Lipinski definition) is 4. The molecule has 2 aromatic rings. The third-order valence-corrected chi connectivity index (χ3v) is 3.76. The summed E-state index contributed by atoms with van der Waals surface area (Å²) in [6.07, 6.45) is 1.15. The van der Waals surface area contributed by atoms with Crippen LogP contribution in [0.15, 0.2) is 17.5 Å². The molecule has 0 saturated carbocycles. The van der Waals surface area contributed by atoms with Crippen molar-refractivity contribution in [1.82, 2.24) is 15.3 Å². The largest absolute Gasteiger partial charge is 0.313 e. The van der Waals surface area contributed by atoms with Gasteiger partial charge >= 0.3 is 0 Å². The van der Waals surface area contributed by atoms with Crippen LogP contribution in [0.2, 0.25) is 0 Å². The molecule has 0 spiro atoms. The van der Waals surface area contributed by atoms with E-state index in [2.05, 4.69) is 47.5 Å². The Morgan fingerprint density at radius 2 is 1.94 bits per heavy atom. The van der Waals surface area contributed by atoms with Gasteiger partial charge in [-0.15, -0.1) is 11.3 Å². The van der Waals surface area contributed by atoms with Crippen LogP contribution in [0.5, 0.6) is 0 Å². The summed E-state index contributed by atoms with van der Waals surface area (Å²) in [5.74, 6) is 0.847. The van der Waals surface area contributed by atoms with Crippen molar-refractivity contribution in [1.29, 1.82) is 0 Å². The fourth-order valence-electron chi connectivity index (χ4n) is 1.90. The maximum Gasteiger partial charge on any atom is 0.169 e. The van der Waals surface area contributed by atoms with Gasteiger partial charge in [0.25, 0.3) is 0 Å². The lowest BCUT2D eigenvalue weighted by atomic mass is 10.1. The number of thiophene rings is 1. The second-order valence-electron chi connectivity index (χ2n) is 4.35. The molecule has 2 rings (SSSR count). The summed E-state index contributed by atoms with van der Waals surface area (Å²) < 4.78 is 0. The first kappa shape index (κ1) is 13.2. The van der Waals surface area contributed by atoms with Gasteiger partial charge in [0.1, 0.15) is 0 Å². The van der Waals surface area contributed by atoms with Gasteiger partial charge in [0.15, 0.2) is 5.82 Å². The van der Waals surface area contributed by atoms with E-state index < -0.39 is 0 Å². The molecule has 96 valence electrons. The Balaban J connectivity index is 2.24. The number of aromatic nitrogens is 2. The van der Waals surface area contributed by atoms with Crippen LogP contribution in [0, 0.1) is 13.8 Å². The smallest absolute Gasteiger partial charge is 0.169 e. The topological polar surface area (TPSA) is 37.8 Å². The van der Waals surface area contributed by atoms with Crippen LogP contribution in [-0.2, 0) is 6.54 Å². The third-order valence-electron chi connectivity index (χ3n) is 2.89. The predicted octanol–water partition coefficient (Wildman–Crippen LogP) is 3.32. The molecule has 0 radical (unpaired) electrons. The first-order chi connectivity index (χ1) is 8.72. The average molecular weight is 261 g/mol. The van der Waals surface area contributed by atoms with Crippen molar-refractivity contribution in [2.75, 3.05) is 6.54 Å². The normalized spacial score (nSPS) is 10.8. The van der Waals surface area contributed by atoms with Gasteiger partial charge in [-0.25, -0.2) is 9.97 Å². The zero-order chi connectivity index (χ0) is 13.0. The Kier molecular flexibility index (Phi) is 4.44. The van der Waals surface area contributed by atoms with Gasteiger partial charge in [-0.1, -0.05) is 13.0 Å². The SMILES string of the molecule is CCCNCc1c(C)nc(-c2cccs2)nc1C. The number of aryl methyl sites for hydroxylation is 2. The van der Waals surface area contributed by atoms with E-state index in [-0.39, 0.29) is 0 Å². The number of rotatable bonds is 5. The molecule has 0 bridgehead atoms. The molecule has 0 aliphatic carbocycles. The van der Waals surface area contributed by atoms with Gasteiger partial charge in [0, 0.05) is 23.5 Å². The number of hydrogen-bond donors (Lipinski definition) is 1. The lowest BCUT2D eigenvalue weighted by Gasteiger charge is -2.10. The fraction of sp³-hybridized carbons (Fsp3) is 0.429. The van der Waals surface area contributed by atoms with Crippen LogP contribution in [0.4, 0.5) is 0 Å². The minimum Gasteiger partial charge on any atom is -0.313 e. The lowest BCUT2D eigenvalue weighted by Crippen LogP contribution is -2.17. The van der Waals surface area contributed by atoms with E-state index in [9.17, 15) is 0 Å². The second kappa shape index (κ2) is 6.07. The number of nitrogens with zero attached hydrogens (tertiary/aromatic N) is 2. The molecule has 0 amide bonds. The fourth-order valence-corrected chi connectivity index (χ4v) is 2.56. The standard InChI is InChI=1S/C14H19N3S/c1-4-7-15-9-12-10(2)16-14(17-11(12)3)13-6-5-8-18-13/h5-6,8,15H,4,7,9H2,1-3H3. The molecule has 0 saturated heterocycles. The second-order valence-corrected chi connectivity index (χ2v) is 5.30. The van der Waals surface area contributed by atoms with Gasteiger partial charge in [0.2, 0.25) is 0 Å². The Morgan fingerprint density at radius 3 is 2.50 bits per heavy atom. The van der Waals surface area contributed by atoms with Crippen LogP contribution in [-0.4, -0.2) is 16.5 Å². The highest BCUT2D eigenvalue weighted by molar-refractivity contribution is 7.13. The van der Waals surface area contributed by atoms with Gasteiger partial charge in [0.05, 0.1) is 4.88 Å². The van der Waals surface area contributed by atoms with Crippen molar-refractivity contribution in [3.8, 4) is 10.7 Å². The molecule has 2 heterocycles. The first-order valence-corrected chi connectivity index (χ1v) is 7.19. The van der Waals surface area contributed by atoms with Crippen LogP contribution in [0.25, 0.3) is 10.7 Å². The molecule has 0 aliphatic rings. The van der Waals surface area contributed by atoms with Crippen LogP contribution < -0.4 is 5.32 Å². The first-order valence-electron chi connectivity index (χ1n) is 6.31. The maximum absolute atomic E-state index is 4.61. The van der Waals surface area contributed by atoms with Crippen molar-refractivity contribution >= 4 is 11.3 Å².